The Hall–Kier alpha value is -0.910. The molecule has 17 heavy (non-hydrogen) atoms. The van der Waals surface area contributed by atoms with Gasteiger partial charge in [0.05, 0.1) is 11.3 Å². The first kappa shape index (κ1) is 12.5. The predicted molar refractivity (Wildman–Crippen MR) is 70.5 cm³/mol. The molecule has 2 aromatic heterocycles. The highest BCUT2D eigenvalue weighted by Crippen LogP contribution is 2.18. The van der Waals surface area contributed by atoms with Crippen molar-refractivity contribution in [2.75, 3.05) is 7.11 Å². The maximum Gasteiger partial charge on any atom is 0.193 e. The summed E-state index contributed by atoms with van der Waals surface area (Å²) in [6.45, 7) is 4.11. The Morgan fingerprint density at radius 2 is 2.35 bits per heavy atom. The van der Waals surface area contributed by atoms with Crippen LogP contribution in [0, 0.1) is 0 Å². The number of imidazole rings is 1. The van der Waals surface area contributed by atoms with Crippen LogP contribution in [-0.2, 0) is 11.2 Å². The van der Waals surface area contributed by atoms with Gasteiger partial charge < -0.3 is 10.5 Å². The van der Waals surface area contributed by atoms with E-state index in [2.05, 4.69) is 18.8 Å². The summed E-state index contributed by atoms with van der Waals surface area (Å²) in [6.07, 6.45) is 5.68. The van der Waals surface area contributed by atoms with Crippen LogP contribution >= 0.6 is 11.3 Å². The van der Waals surface area contributed by atoms with Crippen molar-refractivity contribution in [3.8, 4) is 0 Å². The van der Waals surface area contributed by atoms with E-state index in [0.717, 1.165) is 23.5 Å². The van der Waals surface area contributed by atoms with Gasteiger partial charge in [0.15, 0.2) is 4.96 Å². The fraction of sp³-hybridized carbons (Fsp3) is 0.583. The highest BCUT2D eigenvalue weighted by molar-refractivity contribution is 7.15. The summed E-state index contributed by atoms with van der Waals surface area (Å²) in [5, 5.41) is 2.03. The number of thiazole rings is 1. The Bertz CT molecular complexity index is 460. The van der Waals surface area contributed by atoms with Crippen LogP contribution in [0.2, 0.25) is 0 Å². The summed E-state index contributed by atoms with van der Waals surface area (Å²) in [6, 6.07) is 0.0783. The van der Waals surface area contributed by atoms with E-state index in [9.17, 15) is 0 Å². The Labute approximate surface area is 105 Å². The number of rotatable bonds is 5. The summed E-state index contributed by atoms with van der Waals surface area (Å²) in [5.41, 5.74) is 7.01. The van der Waals surface area contributed by atoms with E-state index in [1.165, 1.54) is 0 Å². The van der Waals surface area contributed by atoms with E-state index in [1.807, 2.05) is 22.2 Å². The van der Waals surface area contributed by atoms with Crippen LogP contribution in [0.25, 0.3) is 4.96 Å². The van der Waals surface area contributed by atoms with E-state index in [-0.39, 0.29) is 11.6 Å². The van der Waals surface area contributed by atoms with Crippen molar-refractivity contribution in [3.05, 3.63) is 23.5 Å². The van der Waals surface area contributed by atoms with Crippen molar-refractivity contribution in [2.24, 2.45) is 5.73 Å². The summed E-state index contributed by atoms with van der Waals surface area (Å²) >= 11 is 1.64. The van der Waals surface area contributed by atoms with E-state index >= 15 is 0 Å². The molecule has 1 unspecified atom stereocenters. The van der Waals surface area contributed by atoms with Gasteiger partial charge in [-0.2, -0.15) is 0 Å². The van der Waals surface area contributed by atoms with Gasteiger partial charge in [-0.15, -0.1) is 11.3 Å². The lowest BCUT2D eigenvalue weighted by Gasteiger charge is -2.26. The van der Waals surface area contributed by atoms with Crippen LogP contribution in [0.3, 0.4) is 0 Å². The van der Waals surface area contributed by atoms with Gasteiger partial charge in [-0.3, -0.25) is 4.40 Å². The molecular weight excluding hydrogens is 234 g/mol. The first-order valence-corrected chi connectivity index (χ1v) is 6.60. The molecule has 0 aliphatic heterocycles. The van der Waals surface area contributed by atoms with Gasteiger partial charge in [0.2, 0.25) is 0 Å². The second-order valence-corrected chi connectivity index (χ2v) is 5.83. The molecule has 0 bridgehead atoms. The number of ether oxygens (including phenoxy) is 1. The number of nitrogens with two attached hydrogens (primary N) is 1. The van der Waals surface area contributed by atoms with Crippen molar-refractivity contribution in [1.82, 2.24) is 9.38 Å². The van der Waals surface area contributed by atoms with E-state index in [1.54, 1.807) is 18.4 Å². The van der Waals surface area contributed by atoms with Crippen molar-refractivity contribution in [1.29, 1.82) is 0 Å². The molecule has 2 rings (SSSR count). The molecule has 0 aliphatic rings. The number of aromatic nitrogens is 2. The van der Waals surface area contributed by atoms with Crippen LogP contribution in [0.4, 0.5) is 0 Å². The average molecular weight is 253 g/mol. The molecule has 94 valence electrons. The van der Waals surface area contributed by atoms with Gasteiger partial charge in [0.1, 0.15) is 0 Å². The second-order valence-electron chi connectivity index (χ2n) is 4.96. The highest BCUT2D eigenvalue weighted by atomic mass is 32.1. The van der Waals surface area contributed by atoms with Crippen LogP contribution in [0.15, 0.2) is 17.8 Å². The lowest BCUT2D eigenvalue weighted by Crippen LogP contribution is -2.35. The Balaban J connectivity index is 1.99. The molecule has 5 heteroatoms. The van der Waals surface area contributed by atoms with Crippen LogP contribution in [0.5, 0.6) is 0 Å². The van der Waals surface area contributed by atoms with Gasteiger partial charge in [-0.25, -0.2) is 4.98 Å². The summed E-state index contributed by atoms with van der Waals surface area (Å²) in [4.78, 5) is 5.56. The molecule has 0 saturated heterocycles. The Morgan fingerprint density at radius 3 is 3.00 bits per heavy atom. The van der Waals surface area contributed by atoms with E-state index in [4.69, 9.17) is 10.5 Å². The average Bonchev–Trinajstić information content (AvgIpc) is 2.76. The van der Waals surface area contributed by atoms with Gasteiger partial charge in [-0.05, 0) is 20.3 Å². The standard InChI is InChI=1S/C12H19N3OS/c1-12(2,16-3)7-9(13)6-10-8-15-4-5-17-11(15)14-10/h4-5,8-9H,6-7,13H2,1-3H3. The zero-order chi connectivity index (χ0) is 12.5. The van der Waals surface area contributed by atoms with Crippen LogP contribution < -0.4 is 5.73 Å². The zero-order valence-corrected chi connectivity index (χ0v) is 11.3. The van der Waals surface area contributed by atoms with Crippen LogP contribution in [0.1, 0.15) is 26.0 Å². The van der Waals surface area contributed by atoms with Crippen molar-refractivity contribution < 1.29 is 4.74 Å². The number of hydrogen-bond donors (Lipinski definition) is 1. The lowest BCUT2D eigenvalue weighted by atomic mass is 9.96. The molecule has 0 radical (unpaired) electrons. The number of methoxy groups -OCH3 is 1. The largest absolute Gasteiger partial charge is 0.379 e. The third-order valence-electron chi connectivity index (χ3n) is 2.92. The van der Waals surface area contributed by atoms with Gasteiger partial charge >= 0.3 is 0 Å². The van der Waals surface area contributed by atoms with Crippen molar-refractivity contribution in [2.45, 2.75) is 38.3 Å². The van der Waals surface area contributed by atoms with Crippen molar-refractivity contribution in [3.63, 3.8) is 0 Å². The predicted octanol–water partition coefficient (Wildman–Crippen LogP) is 2.08. The maximum atomic E-state index is 6.13. The minimum absolute atomic E-state index is 0.0783. The first-order chi connectivity index (χ1) is 8.00. The molecule has 0 aromatic carbocycles. The Morgan fingerprint density at radius 1 is 1.59 bits per heavy atom. The SMILES string of the molecule is COC(C)(C)CC(N)Cc1cn2ccsc2n1. The molecule has 0 fully saturated rings. The first-order valence-electron chi connectivity index (χ1n) is 5.72. The topological polar surface area (TPSA) is 52.5 Å². The molecule has 0 amide bonds. The van der Waals surface area contributed by atoms with Crippen molar-refractivity contribution >= 4 is 16.3 Å². The number of hydrogen-bond acceptors (Lipinski definition) is 4. The molecule has 2 heterocycles. The highest BCUT2D eigenvalue weighted by Gasteiger charge is 2.21. The van der Waals surface area contributed by atoms with Crippen LogP contribution in [-0.4, -0.2) is 28.1 Å². The van der Waals surface area contributed by atoms with E-state index < -0.39 is 0 Å². The maximum absolute atomic E-state index is 6.13. The quantitative estimate of drug-likeness (QED) is 0.887. The number of nitrogens with zero attached hydrogens (tertiary/aromatic N) is 2. The third kappa shape index (κ3) is 3.06. The molecule has 4 nitrogen and oxygen atoms in total. The summed E-state index contributed by atoms with van der Waals surface area (Å²) < 4.78 is 7.42. The zero-order valence-electron chi connectivity index (χ0n) is 10.5. The molecule has 1 atom stereocenters. The van der Waals surface area contributed by atoms with Gasteiger partial charge in [0, 0.05) is 37.3 Å². The lowest BCUT2D eigenvalue weighted by molar-refractivity contribution is 0.0101. The van der Waals surface area contributed by atoms with E-state index in [0.29, 0.717) is 0 Å². The fourth-order valence-corrected chi connectivity index (χ4v) is 2.65. The molecule has 0 aliphatic carbocycles. The Kier molecular flexibility index (Phi) is 3.51. The molecule has 0 saturated carbocycles. The monoisotopic (exact) mass is 253 g/mol. The minimum Gasteiger partial charge on any atom is -0.379 e. The van der Waals surface area contributed by atoms with Gasteiger partial charge in [-0.1, -0.05) is 0 Å². The minimum atomic E-state index is -0.170. The molecular formula is C12H19N3OS. The molecule has 2 aromatic rings. The fourth-order valence-electron chi connectivity index (χ4n) is 1.93. The van der Waals surface area contributed by atoms with Gasteiger partial charge in [0.25, 0.3) is 0 Å². The normalized spacial score (nSPS) is 14.4. The summed E-state index contributed by atoms with van der Waals surface area (Å²) in [7, 11) is 1.72. The summed E-state index contributed by atoms with van der Waals surface area (Å²) in [5.74, 6) is 0. The second kappa shape index (κ2) is 4.76. The molecule has 2 N–H and O–H groups in total. The smallest absolute Gasteiger partial charge is 0.193 e. The molecule has 0 spiro atoms. The number of fused-ring (bicyclic) bond motifs is 1. The third-order valence-corrected chi connectivity index (χ3v) is 3.69.